The van der Waals surface area contributed by atoms with Crippen LogP contribution in [0.1, 0.15) is 11.1 Å². The standard InChI is InChI=1S/C12H17NO3S/c1-9-3-2-4-10(5-9)6-13-11-7-17(15,16)8-12(11)14/h2-5,11-14H,6-8H2,1H3/t11-,12-/m1/s1. The highest BCUT2D eigenvalue weighted by Crippen LogP contribution is 2.13. The minimum Gasteiger partial charge on any atom is -0.390 e. The van der Waals surface area contributed by atoms with Crippen molar-refractivity contribution in [2.45, 2.75) is 25.6 Å². The van der Waals surface area contributed by atoms with Gasteiger partial charge in [-0.1, -0.05) is 29.8 Å². The summed E-state index contributed by atoms with van der Waals surface area (Å²) >= 11 is 0. The number of hydrogen-bond donors (Lipinski definition) is 2. The zero-order valence-electron chi connectivity index (χ0n) is 9.76. The predicted molar refractivity (Wildman–Crippen MR) is 66.5 cm³/mol. The van der Waals surface area contributed by atoms with Crippen LogP contribution < -0.4 is 5.32 Å². The number of nitrogens with one attached hydrogen (secondary N) is 1. The molecule has 0 unspecified atom stereocenters. The minimum absolute atomic E-state index is 0.0278. The fourth-order valence-corrected chi connectivity index (χ4v) is 3.87. The number of aliphatic hydroxyl groups is 1. The van der Waals surface area contributed by atoms with Crippen LogP contribution in [0.4, 0.5) is 0 Å². The predicted octanol–water partition coefficient (Wildman–Crippen LogP) is 0.243. The van der Waals surface area contributed by atoms with Crippen molar-refractivity contribution in [3.63, 3.8) is 0 Å². The van der Waals surface area contributed by atoms with Crippen molar-refractivity contribution < 1.29 is 13.5 Å². The van der Waals surface area contributed by atoms with Gasteiger partial charge in [0.05, 0.1) is 17.6 Å². The van der Waals surface area contributed by atoms with Crippen LogP contribution in [0.2, 0.25) is 0 Å². The molecule has 1 aliphatic rings. The zero-order valence-corrected chi connectivity index (χ0v) is 10.6. The Morgan fingerprint density at radius 2 is 2.18 bits per heavy atom. The maximum Gasteiger partial charge on any atom is 0.154 e. The van der Waals surface area contributed by atoms with Crippen molar-refractivity contribution in [3.05, 3.63) is 35.4 Å². The molecule has 1 aromatic carbocycles. The van der Waals surface area contributed by atoms with Crippen LogP contribution in [-0.4, -0.2) is 37.2 Å². The summed E-state index contributed by atoms with van der Waals surface area (Å²) in [6.07, 6.45) is -0.787. The molecule has 0 radical (unpaired) electrons. The van der Waals surface area contributed by atoms with Gasteiger partial charge in [-0.25, -0.2) is 8.42 Å². The van der Waals surface area contributed by atoms with E-state index in [0.717, 1.165) is 5.56 Å². The first-order valence-electron chi connectivity index (χ1n) is 5.64. The third-order valence-electron chi connectivity index (χ3n) is 2.97. The minimum atomic E-state index is -3.07. The third-order valence-corrected chi connectivity index (χ3v) is 4.69. The number of hydrogen-bond acceptors (Lipinski definition) is 4. The Hall–Kier alpha value is -0.910. The molecular formula is C12H17NO3S. The Morgan fingerprint density at radius 3 is 2.76 bits per heavy atom. The van der Waals surface area contributed by atoms with Crippen LogP contribution in [-0.2, 0) is 16.4 Å². The van der Waals surface area contributed by atoms with Crippen molar-refractivity contribution in [1.82, 2.24) is 5.32 Å². The lowest BCUT2D eigenvalue weighted by molar-refractivity contribution is 0.165. The van der Waals surface area contributed by atoms with E-state index in [1.54, 1.807) is 0 Å². The van der Waals surface area contributed by atoms with Crippen molar-refractivity contribution in [1.29, 1.82) is 0 Å². The molecule has 2 atom stereocenters. The van der Waals surface area contributed by atoms with E-state index < -0.39 is 15.9 Å². The number of aliphatic hydroxyl groups excluding tert-OH is 1. The van der Waals surface area contributed by atoms with E-state index in [4.69, 9.17) is 0 Å². The van der Waals surface area contributed by atoms with Crippen LogP contribution in [0.5, 0.6) is 0 Å². The Labute approximate surface area is 102 Å². The maximum absolute atomic E-state index is 11.3. The topological polar surface area (TPSA) is 66.4 Å². The summed E-state index contributed by atoms with van der Waals surface area (Å²) in [5, 5.41) is 12.7. The summed E-state index contributed by atoms with van der Waals surface area (Å²) in [6, 6.07) is 7.66. The second-order valence-corrected chi connectivity index (χ2v) is 6.77. The lowest BCUT2D eigenvalue weighted by Gasteiger charge is -2.14. The summed E-state index contributed by atoms with van der Waals surface area (Å²) in [5.74, 6) is -0.0987. The van der Waals surface area contributed by atoms with Crippen LogP contribution >= 0.6 is 0 Å². The summed E-state index contributed by atoms with van der Waals surface area (Å²) in [4.78, 5) is 0. The smallest absolute Gasteiger partial charge is 0.154 e. The van der Waals surface area contributed by atoms with Gasteiger partial charge in [-0.15, -0.1) is 0 Å². The van der Waals surface area contributed by atoms with E-state index in [2.05, 4.69) is 5.32 Å². The van der Waals surface area contributed by atoms with Gasteiger partial charge in [0.15, 0.2) is 9.84 Å². The van der Waals surface area contributed by atoms with Crippen LogP contribution in [0, 0.1) is 6.92 Å². The van der Waals surface area contributed by atoms with E-state index in [0.29, 0.717) is 6.54 Å². The van der Waals surface area contributed by atoms with Crippen LogP contribution in [0.3, 0.4) is 0 Å². The monoisotopic (exact) mass is 255 g/mol. The first-order valence-corrected chi connectivity index (χ1v) is 7.46. The SMILES string of the molecule is Cc1cccc(CN[C@@H]2CS(=O)(=O)C[C@H]2O)c1. The van der Waals surface area contributed by atoms with Gasteiger partial charge >= 0.3 is 0 Å². The molecule has 1 aromatic rings. The number of rotatable bonds is 3. The summed E-state index contributed by atoms with van der Waals surface area (Å²) in [6.45, 7) is 2.59. The molecule has 0 bridgehead atoms. The average Bonchev–Trinajstić information content (AvgIpc) is 2.49. The normalized spacial score (nSPS) is 27.2. The molecule has 17 heavy (non-hydrogen) atoms. The van der Waals surface area contributed by atoms with Crippen LogP contribution in [0.15, 0.2) is 24.3 Å². The molecule has 94 valence electrons. The molecule has 4 nitrogen and oxygen atoms in total. The summed E-state index contributed by atoms with van der Waals surface area (Å²) in [5.41, 5.74) is 2.27. The first-order chi connectivity index (χ1) is 7.96. The molecule has 0 saturated carbocycles. The Morgan fingerprint density at radius 1 is 1.41 bits per heavy atom. The van der Waals surface area contributed by atoms with E-state index in [-0.39, 0.29) is 17.5 Å². The van der Waals surface area contributed by atoms with Gasteiger partial charge in [0.2, 0.25) is 0 Å². The van der Waals surface area contributed by atoms with E-state index in [1.807, 2.05) is 31.2 Å². The third kappa shape index (κ3) is 3.28. The highest BCUT2D eigenvalue weighted by atomic mass is 32.2. The van der Waals surface area contributed by atoms with Crippen molar-refractivity contribution in [2.24, 2.45) is 0 Å². The number of sulfone groups is 1. The zero-order chi connectivity index (χ0) is 12.5. The second kappa shape index (κ2) is 4.76. The number of benzene rings is 1. The largest absolute Gasteiger partial charge is 0.390 e. The lowest BCUT2D eigenvalue weighted by atomic mass is 10.1. The molecule has 0 aliphatic carbocycles. The molecule has 0 spiro atoms. The quantitative estimate of drug-likeness (QED) is 0.812. The molecule has 0 amide bonds. The lowest BCUT2D eigenvalue weighted by Crippen LogP contribution is -2.38. The molecule has 1 heterocycles. The summed E-state index contributed by atoms with van der Waals surface area (Å²) < 4.78 is 22.6. The van der Waals surface area contributed by atoms with Gasteiger partial charge in [-0.05, 0) is 12.5 Å². The number of aryl methyl sites for hydroxylation is 1. The highest BCUT2D eigenvalue weighted by Gasteiger charge is 2.35. The fourth-order valence-electron chi connectivity index (χ4n) is 2.10. The maximum atomic E-state index is 11.3. The fraction of sp³-hybridized carbons (Fsp3) is 0.500. The van der Waals surface area contributed by atoms with Gasteiger partial charge in [0.25, 0.3) is 0 Å². The van der Waals surface area contributed by atoms with E-state index >= 15 is 0 Å². The van der Waals surface area contributed by atoms with Gasteiger partial charge in [-0.2, -0.15) is 0 Å². The Balaban J connectivity index is 1.95. The van der Waals surface area contributed by atoms with Gasteiger partial charge in [-0.3, -0.25) is 0 Å². The second-order valence-electron chi connectivity index (χ2n) is 4.62. The molecule has 2 rings (SSSR count). The molecule has 5 heteroatoms. The van der Waals surface area contributed by atoms with E-state index in [1.165, 1.54) is 5.56 Å². The first kappa shape index (κ1) is 12.5. The summed E-state index contributed by atoms with van der Waals surface area (Å²) in [7, 11) is -3.07. The van der Waals surface area contributed by atoms with E-state index in [9.17, 15) is 13.5 Å². The Kier molecular flexibility index (Phi) is 3.51. The molecule has 1 aliphatic heterocycles. The molecular weight excluding hydrogens is 238 g/mol. The van der Waals surface area contributed by atoms with Gasteiger partial charge < -0.3 is 10.4 Å². The molecule has 0 aromatic heterocycles. The van der Waals surface area contributed by atoms with Gasteiger partial charge in [0.1, 0.15) is 0 Å². The molecule has 2 N–H and O–H groups in total. The highest BCUT2D eigenvalue weighted by molar-refractivity contribution is 7.91. The van der Waals surface area contributed by atoms with Crippen LogP contribution in [0.25, 0.3) is 0 Å². The molecule has 1 fully saturated rings. The average molecular weight is 255 g/mol. The molecule has 1 saturated heterocycles. The Bertz CT molecular complexity index is 498. The van der Waals surface area contributed by atoms with Crippen molar-refractivity contribution in [2.75, 3.05) is 11.5 Å². The van der Waals surface area contributed by atoms with Gasteiger partial charge in [0, 0.05) is 12.6 Å². The van der Waals surface area contributed by atoms with Crippen molar-refractivity contribution in [3.8, 4) is 0 Å². The van der Waals surface area contributed by atoms with Crippen molar-refractivity contribution >= 4 is 9.84 Å².